The van der Waals surface area contributed by atoms with Gasteiger partial charge in [0.2, 0.25) is 26.6 Å². The summed E-state index contributed by atoms with van der Waals surface area (Å²) in [6, 6.07) is 18.8. The van der Waals surface area contributed by atoms with Crippen molar-refractivity contribution in [3.05, 3.63) is 82.9 Å². The highest BCUT2D eigenvalue weighted by molar-refractivity contribution is 7.91. The summed E-state index contributed by atoms with van der Waals surface area (Å²) < 4.78 is 37.9. The molecule has 0 amide bonds. The number of rotatable bonds is 6. The second kappa shape index (κ2) is 8.68. The maximum absolute atomic E-state index is 13.4. The van der Waals surface area contributed by atoms with E-state index in [1.165, 1.54) is 24.3 Å². The summed E-state index contributed by atoms with van der Waals surface area (Å²) in [6.07, 6.45) is 0. The van der Waals surface area contributed by atoms with E-state index in [0.717, 1.165) is 11.1 Å². The number of sulfone groups is 1. The summed E-state index contributed by atoms with van der Waals surface area (Å²) in [4.78, 5) is 4.43. The number of halogens is 1. The van der Waals surface area contributed by atoms with Gasteiger partial charge < -0.3 is 14.5 Å². The van der Waals surface area contributed by atoms with Crippen LogP contribution < -0.4 is 10.1 Å². The lowest BCUT2D eigenvalue weighted by Gasteiger charge is -2.08. The van der Waals surface area contributed by atoms with E-state index in [2.05, 4.69) is 10.3 Å². The van der Waals surface area contributed by atoms with Crippen LogP contribution in [-0.4, -0.2) is 20.5 Å². The van der Waals surface area contributed by atoms with Crippen LogP contribution in [0.15, 0.2) is 81.1 Å². The minimum Gasteiger partial charge on any atom is -0.497 e. The molecule has 0 radical (unpaired) electrons. The van der Waals surface area contributed by atoms with Gasteiger partial charge in [-0.05, 0) is 85.6 Å². The van der Waals surface area contributed by atoms with Gasteiger partial charge in [-0.2, -0.15) is 4.98 Å². The molecule has 0 atom stereocenters. The molecule has 0 aliphatic rings. The third-order valence-electron chi connectivity index (χ3n) is 4.79. The first-order valence-electron chi connectivity index (χ1n) is 9.77. The number of hydrogen-bond acceptors (Lipinski definition) is 6. The Kier molecular flexibility index (Phi) is 5.95. The third-order valence-corrected chi connectivity index (χ3v) is 6.72. The standard InChI is InChI=1S/C24H21ClN2O4S/c1-15-12-16(2)14-19(13-15)26-23-24(32(28,29)21-10-6-18(25)7-11-21)27-22(31-23)17-4-8-20(30-3)9-5-17/h4-14,26H,1-3H3. The zero-order valence-corrected chi connectivity index (χ0v) is 19.3. The molecule has 32 heavy (non-hydrogen) atoms. The second-order valence-electron chi connectivity index (χ2n) is 7.34. The van der Waals surface area contributed by atoms with Crippen molar-refractivity contribution in [3.63, 3.8) is 0 Å². The topological polar surface area (TPSA) is 81.4 Å². The molecule has 0 unspecified atom stereocenters. The molecule has 0 spiro atoms. The summed E-state index contributed by atoms with van der Waals surface area (Å²) in [6.45, 7) is 3.93. The van der Waals surface area contributed by atoms with Gasteiger partial charge in [0.1, 0.15) is 5.75 Å². The second-order valence-corrected chi connectivity index (χ2v) is 9.64. The van der Waals surface area contributed by atoms with Gasteiger partial charge in [0.05, 0.1) is 12.0 Å². The number of methoxy groups -OCH3 is 1. The monoisotopic (exact) mass is 468 g/mol. The van der Waals surface area contributed by atoms with Crippen molar-refractivity contribution in [1.29, 1.82) is 0 Å². The minimum absolute atomic E-state index is 0.0377. The molecule has 164 valence electrons. The summed E-state index contributed by atoms with van der Waals surface area (Å²) in [5.74, 6) is 0.880. The zero-order valence-electron chi connectivity index (χ0n) is 17.7. The van der Waals surface area contributed by atoms with Crippen molar-refractivity contribution < 1.29 is 17.6 Å². The number of nitrogens with zero attached hydrogens (tertiary/aromatic N) is 1. The maximum Gasteiger partial charge on any atom is 0.238 e. The van der Waals surface area contributed by atoms with Crippen LogP contribution >= 0.6 is 11.6 Å². The fourth-order valence-corrected chi connectivity index (χ4v) is 4.71. The lowest BCUT2D eigenvalue weighted by Crippen LogP contribution is -2.05. The predicted molar refractivity (Wildman–Crippen MR) is 125 cm³/mol. The van der Waals surface area contributed by atoms with Gasteiger partial charge in [-0.1, -0.05) is 17.7 Å². The first-order valence-corrected chi connectivity index (χ1v) is 11.6. The molecule has 3 aromatic carbocycles. The number of ether oxygens (including phenoxy) is 1. The molecule has 4 rings (SSSR count). The highest BCUT2D eigenvalue weighted by Gasteiger charge is 2.29. The molecule has 0 bridgehead atoms. The average Bonchev–Trinajstić information content (AvgIpc) is 3.18. The van der Waals surface area contributed by atoms with Crippen molar-refractivity contribution >= 4 is 33.0 Å². The third kappa shape index (κ3) is 4.49. The Morgan fingerprint density at radius 2 is 1.56 bits per heavy atom. The molecule has 6 nitrogen and oxygen atoms in total. The molecule has 4 aromatic rings. The van der Waals surface area contributed by atoms with Crippen LogP contribution in [0.4, 0.5) is 11.6 Å². The van der Waals surface area contributed by atoms with Gasteiger partial charge in [-0.3, -0.25) is 0 Å². The quantitative estimate of drug-likeness (QED) is 0.363. The van der Waals surface area contributed by atoms with E-state index in [4.69, 9.17) is 20.8 Å². The molecule has 1 aromatic heterocycles. The zero-order chi connectivity index (χ0) is 22.9. The van der Waals surface area contributed by atoms with E-state index in [1.807, 2.05) is 32.0 Å². The molecule has 0 aliphatic heterocycles. The van der Waals surface area contributed by atoms with E-state index >= 15 is 0 Å². The van der Waals surface area contributed by atoms with Crippen LogP contribution in [0.25, 0.3) is 11.5 Å². The van der Waals surface area contributed by atoms with Crippen molar-refractivity contribution in [2.45, 2.75) is 23.8 Å². The number of aromatic nitrogens is 1. The molecular formula is C24H21ClN2O4S. The van der Waals surface area contributed by atoms with E-state index < -0.39 is 9.84 Å². The Balaban J connectivity index is 1.84. The molecule has 1 heterocycles. The number of nitrogens with one attached hydrogen (secondary N) is 1. The SMILES string of the molecule is COc1ccc(-c2nc(S(=O)(=O)c3ccc(Cl)cc3)c(Nc3cc(C)cc(C)c3)o2)cc1. The molecular weight excluding hydrogens is 448 g/mol. The molecule has 8 heteroatoms. The van der Waals surface area contributed by atoms with Gasteiger partial charge in [-0.15, -0.1) is 0 Å². The van der Waals surface area contributed by atoms with Crippen molar-refractivity contribution in [2.75, 3.05) is 12.4 Å². The minimum atomic E-state index is -3.98. The van der Waals surface area contributed by atoms with Crippen LogP contribution in [0.5, 0.6) is 5.75 Å². The summed E-state index contributed by atoms with van der Waals surface area (Å²) >= 11 is 5.93. The Bertz CT molecular complexity index is 1340. The largest absolute Gasteiger partial charge is 0.497 e. The van der Waals surface area contributed by atoms with Gasteiger partial charge in [0.15, 0.2) is 0 Å². The van der Waals surface area contributed by atoms with E-state index in [1.54, 1.807) is 31.4 Å². The molecule has 0 saturated heterocycles. The number of benzene rings is 3. The van der Waals surface area contributed by atoms with Gasteiger partial charge in [0.25, 0.3) is 0 Å². The van der Waals surface area contributed by atoms with Crippen molar-refractivity contribution in [2.24, 2.45) is 0 Å². The number of aryl methyl sites for hydroxylation is 2. The summed E-state index contributed by atoms with van der Waals surface area (Å²) in [5.41, 5.74) is 3.38. The van der Waals surface area contributed by atoms with Gasteiger partial charge >= 0.3 is 0 Å². The fraction of sp³-hybridized carbons (Fsp3) is 0.125. The highest BCUT2D eigenvalue weighted by atomic mass is 35.5. The van der Waals surface area contributed by atoms with Gasteiger partial charge in [0, 0.05) is 16.3 Å². The molecule has 0 aliphatic carbocycles. The Morgan fingerprint density at radius 1 is 0.938 bits per heavy atom. The average molecular weight is 469 g/mol. The lowest BCUT2D eigenvalue weighted by atomic mass is 10.1. The van der Waals surface area contributed by atoms with Crippen LogP contribution in [0, 0.1) is 13.8 Å². The van der Waals surface area contributed by atoms with Crippen LogP contribution in [0.1, 0.15) is 11.1 Å². The number of anilines is 2. The highest BCUT2D eigenvalue weighted by Crippen LogP contribution is 2.35. The first kappa shape index (κ1) is 21.9. The van der Waals surface area contributed by atoms with Crippen LogP contribution in [0.2, 0.25) is 5.02 Å². The number of oxazole rings is 1. The Labute approximate surface area is 191 Å². The maximum atomic E-state index is 13.4. The molecule has 0 saturated carbocycles. The van der Waals surface area contributed by atoms with E-state index in [0.29, 0.717) is 22.0 Å². The smallest absolute Gasteiger partial charge is 0.238 e. The van der Waals surface area contributed by atoms with E-state index in [-0.39, 0.29) is 21.7 Å². The lowest BCUT2D eigenvalue weighted by molar-refractivity contribution is 0.415. The molecule has 1 N–H and O–H groups in total. The molecule has 0 fully saturated rings. The van der Waals surface area contributed by atoms with Crippen molar-refractivity contribution in [1.82, 2.24) is 4.98 Å². The van der Waals surface area contributed by atoms with E-state index in [9.17, 15) is 8.42 Å². The van der Waals surface area contributed by atoms with Crippen molar-refractivity contribution in [3.8, 4) is 17.2 Å². The Hall–Kier alpha value is -3.29. The fourth-order valence-electron chi connectivity index (χ4n) is 3.33. The number of hydrogen-bond donors (Lipinski definition) is 1. The Morgan fingerprint density at radius 3 is 2.16 bits per heavy atom. The predicted octanol–water partition coefficient (Wildman–Crippen LogP) is 6.20. The van der Waals surface area contributed by atoms with Crippen LogP contribution in [0.3, 0.4) is 0 Å². The normalized spacial score (nSPS) is 11.4. The first-order chi connectivity index (χ1) is 15.3. The van der Waals surface area contributed by atoms with Crippen LogP contribution in [-0.2, 0) is 9.84 Å². The summed E-state index contributed by atoms with van der Waals surface area (Å²) in [7, 11) is -2.41. The summed E-state index contributed by atoms with van der Waals surface area (Å²) in [5, 5.41) is 3.33. The van der Waals surface area contributed by atoms with Gasteiger partial charge in [-0.25, -0.2) is 8.42 Å².